The summed E-state index contributed by atoms with van der Waals surface area (Å²) < 4.78 is 7.30. The van der Waals surface area contributed by atoms with Crippen molar-refractivity contribution in [2.75, 3.05) is 7.11 Å². The molecule has 0 fully saturated rings. The lowest BCUT2D eigenvalue weighted by molar-refractivity contribution is 0.415. The summed E-state index contributed by atoms with van der Waals surface area (Å²) >= 11 is 1.65. The Balaban J connectivity index is 1.55. The number of imidazole rings is 2. The van der Waals surface area contributed by atoms with Gasteiger partial charge in [-0.2, -0.15) is 0 Å². The van der Waals surface area contributed by atoms with Crippen molar-refractivity contribution in [1.29, 1.82) is 0 Å². The van der Waals surface area contributed by atoms with Crippen molar-refractivity contribution in [3.63, 3.8) is 0 Å². The van der Waals surface area contributed by atoms with Gasteiger partial charge in [-0.25, -0.2) is 9.97 Å². The first-order chi connectivity index (χ1) is 11.2. The molecule has 0 radical (unpaired) electrons. The number of hydrogen-bond acceptors (Lipinski definition) is 4. The molecule has 0 amide bonds. The summed E-state index contributed by atoms with van der Waals surface area (Å²) in [5.74, 6) is 1.60. The minimum absolute atomic E-state index is 0.775. The number of aromatic nitrogens is 4. The number of aryl methyl sites for hydroxylation is 1. The fraction of sp³-hybridized carbons (Fsp3) is 0.176. The number of ether oxygens (including phenoxy) is 1. The zero-order chi connectivity index (χ0) is 15.8. The topological polar surface area (TPSA) is 55.2 Å². The van der Waals surface area contributed by atoms with Gasteiger partial charge in [-0.15, -0.1) is 0 Å². The quantitative estimate of drug-likeness (QED) is 0.580. The molecular weight excluding hydrogens is 308 g/mol. The van der Waals surface area contributed by atoms with Gasteiger partial charge < -0.3 is 14.1 Å². The number of thioether (sulfide) groups is 1. The summed E-state index contributed by atoms with van der Waals surface area (Å²) in [7, 11) is 1.66. The number of aromatic amines is 1. The molecule has 1 N–H and O–H groups in total. The Labute approximate surface area is 137 Å². The molecule has 0 saturated heterocycles. The molecule has 0 atom stereocenters. The second-order valence-corrected chi connectivity index (χ2v) is 6.38. The van der Waals surface area contributed by atoms with E-state index >= 15 is 0 Å². The maximum atomic E-state index is 5.24. The molecule has 0 saturated carbocycles. The van der Waals surface area contributed by atoms with Crippen LogP contribution in [0, 0.1) is 6.92 Å². The van der Waals surface area contributed by atoms with Crippen molar-refractivity contribution in [3.05, 3.63) is 54.0 Å². The predicted octanol–water partition coefficient (Wildman–Crippen LogP) is 3.82. The van der Waals surface area contributed by atoms with E-state index in [4.69, 9.17) is 4.74 Å². The van der Waals surface area contributed by atoms with Gasteiger partial charge in [0.1, 0.15) is 11.4 Å². The molecule has 0 aliphatic carbocycles. The van der Waals surface area contributed by atoms with E-state index in [9.17, 15) is 0 Å². The third-order valence-electron chi connectivity index (χ3n) is 3.67. The van der Waals surface area contributed by atoms with Crippen LogP contribution in [0.2, 0.25) is 0 Å². The summed E-state index contributed by atoms with van der Waals surface area (Å²) in [5.41, 5.74) is 5.16. The van der Waals surface area contributed by atoms with Gasteiger partial charge in [0.25, 0.3) is 0 Å². The van der Waals surface area contributed by atoms with Crippen LogP contribution < -0.4 is 4.74 Å². The SMILES string of the molecule is COc1ccc2nc(SCc3cn4cc(C)ccc4n3)[nH]c2c1. The Kier molecular flexibility index (Phi) is 3.46. The van der Waals surface area contributed by atoms with Crippen molar-refractivity contribution in [1.82, 2.24) is 19.4 Å². The molecule has 3 aromatic heterocycles. The summed E-state index contributed by atoms with van der Waals surface area (Å²) in [5, 5.41) is 0.890. The maximum absolute atomic E-state index is 5.24. The number of fused-ring (bicyclic) bond motifs is 2. The van der Waals surface area contributed by atoms with E-state index in [-0.39, 0.29) is 0 Å². The normalized spacial score (nSPS) is 11.4. The highest BCUT2D eigenvalue weighted by molar-refractivity contribution is 7.98. The number of rotatable bonds is 4. The Morgan fingerprint density at radius 3 is 2.96 bits per heavy atom. The van der Waals surface area contributed by atoms with Crippen LogP contribution in [-0.2, 0) is 5.75 Å². The zero-order valence-corrected chi connectivity index (χ0v) is 13.7. The van der Waals surface area contributed by atoms with Crippen molar-refractivity contribution in [3.8, 4) is 5.75 Å². The van der Waals surface area contributed by atoms with E-state index in [0.717, 1.165) is 39.0 Å². The number of pyridine rings is 1. The van der Waals surface area contributed by atoms with Crippen molar-refractivity contribution >= 4 is 28.4 Å². The minimum atomic E-state index is 0.775. The molecule has 0 aliphatic rings. The fourth-order valence-corrected chi connectivity index (χ4v) is 3.30. The highest BCUT2D eigenvalue weighted by atomic mass is 32.2. The maximum Gasteiger partial charge on any atom is 0.166 e. The lowest BCUT2D eigenvalue weighted by atomic mass is 10.3. The molecule has 6 heteroatoms. The van der Waals surface area contributed by atoms with Crippen LogP contribution in [0.15, 0.2) is 47.9 Å². The monoisotopic (exact) mass is 324 g/mol. The Morgan fingerprint density at radius 2 is 2.09 bits per heavy atom. The van der Waals surface area contributed by atoms with Gasteiger partial charge in [0.05, 0.1) is 23.8 Å². The average Bonchev–Trinajstić information content (AvgIpc) is 3.14. The first-order valence-corrected chi connectivity index (χ1v) is 8.30. The number of nitrogens with zero attached hydrogens (tertiary/aromatic N) is 3. The van der Waals surface area contributed by atoms with E-state index in [1.807, 2.05) is 24.3 Å². The second kappa shape index (κ2) is 5.62. The van der Waals surface area contributed by atoms with Gasteiger partial charge >= 0.3 is 0 Å². The number of benzene rings is 1. The molecular formula is C17H16N4OS. The van der Waals surface area contributed by atoms with Crippen molar-refractivity contribution in [2.45, 2.75) is 17.8 Å². The molecule has 4 aromatic rings. The van der Waals surface area contributed by atoms with Crippen molar-refractivity contribution < 1.29 is 4.74 Å². The van der Waals surface area contributed by atoms with E-state index in [2.05, 4.69) is 44.7 Å². The van der Waals surface area contributed by atoms with Gasteiger partial charge in [0, 0.05) is 24.2 Å². The van der Waals surface area contributed by atoms with Crippen LogP contribution in [0.4, 0.5) is 0 Å². The van der Waals surface area contributed by atoms with Gasteiger partial charge in [0.2, 0.25) is 0 Å². The summed E-state index contributed by atoms with van der Waals surface area (Å²) in [4.78, 5) is 12.5. The number of H-pyrrole nitrogens is 1. The van der Waals surface area contributed by atoms with Gasteiger partial charge in [-0.3, -0.25) is 0 Å². The average molecular weight is 324 g/mol. The highest BCUT2D eigenvalue weighted by Gasteiger charge is 2.07. The highest BCUT2D eigenvalue weighted by Crippen LogP contribution is 2.25. The molecule has 0 spiro atoms. The largest absolute Gasteiger partial charge is 0.497 e. The molecule has 5 nitrogen and oxygen atoms in total. The van der Waals surface area contributed by atoms with E-state index < -0.39 is 0 Å². The molecule has 1 aromatic carbocycles. The summed E-state index contributed by atoms with van der Waals surface area (Å²) in [6, 6.07) is 9.95. The lowest BCUT2D eigenvalue weighted by Crippen LogP contribution is -1.82. The molecule has 3 heterocycles. The van der Waals surface area contributed by atoms with E-state index in [1.165, 1.54) is 5.56 Å². The van der Waals surface area contributed by atoms with E-state index in [0.29, 0.717) is 0 Å². The van der Waals surface area contributed by atoms with Crippen LogP contribution in [0.5, 0.6) is 5.75 Å². The third kappa shape index (κ3) is 2.77. The van der Waals surface area contributed by atoms with Gasteiger partial charge in [-0.05, 0) is 30.7 Å². The Bertz CT molecular complexity index is 989. The third-order valence-corrected chi connectivity index (χ3v) is 4.58. The molecule has 0 aliphatic heterocycles. The minimum Gasteiger partial charge on any atom is -0.497 e. The second-order valence-electron chi connectivity index (χ2n) is 5.42. The van der Waals surface area contributed by atoms with Crippen LogP contribution in [-0.4, -0.2) is 26.5 Å². The van der Waals surface area contributed by atoms with E-state index in [1.54, 1.807) is 18.9 Å². The van der Waals surface area contributed by atoms with Crippen molar-refractivity contribution in [2.24, 2.45) is 0 Å². The Hall–Kier alpha value is -2.47. The number of nitrogens with one attached hydrogen (secondary N) is 1. The van der Waals surface area contributed by atoms with Gasteiger partial charge in [0.15, 0.2) is 5.16 Å². The standard InChI is InChI=1S/C17H16N4OS/c1-11-3-6-16-18-12(9-21(16)8-11)10-23-17-19-14-5-4-13(22-2)7-15(14)20-17/h3-9H,10H2,1-2H3,(H,19,20). The summed E-state index contributed by atoms with van der Waals surface area (Å²) in [6.45, 7) is 2.08. The van der Waals surface area contributed by atoms with Gasteiger partial charge in [-0.1, -0.05) is 17.8 Å². The molecule has 0 unspecified atom stereocenters. The summed E-state index contributed by atoms with van der Waals surface area (Å²) in [6.07, 6.45) is 4.16. The van der Waals surface area contributed by atoms with Crippen LogP contribution in [0.3, 0.4) is 0 Å². The molecule has 0 bridgehead atoms. The first kappa shape index (κ1) is 14.1. The van der Waals surface area contributed by atoms with Crippen LogP contribution >= 0.6 is 11.8 Å². The Morgan fingerprint density at radius 1 is 1.17 bits per heavy atom. The molecule has 23 heavy (non-hydrogen) atoms. The molecule has 4 rings (SSSR count). The lowest BCUT2D eigenvalue weighted by Gasteiger charge is -1.96. The zero-order valence-electron chi connectivity index (χ0n) is 12.9. The first-order valence-electron chi connectivity index (χ1n) is 7.32. The fourth-order valence-electron chi connectivity index (χ4n) is 2.53. The van der Waals surface area contributed by atoms with Crippen LogP contribution in [0.1, 0.15) is 11.3 Å². The predicted molar refractivity (Wildman–Crippen MR) is 92.1 cm³/mol. The van der Waals surface area contributed by atoms with Crippen LogP contribution in [0.25, 0.3) is 16.7 Å². The smallest absolute Gasteiger partial charge is 0.166 e. The number of hydrogen-bond donors (Lipinski definition) is 1. The molecule has 116 valence electrons. The number of methoxy groups -OCH3 is 1.